The van der Waals surface area contributed by atoms with Crippen LogP contribution in [0.3, 0.4) is 0 Å². The van der Waals surface area contributed by atoms with Gasteiger partial charge in [-0.2, -0.15) is 9.29 Å². The van der Waals surface area contributed by atoms with E-state index in [-0.39, 0.29) is 17.5 Å². The molecule has 9 heteroatoms. The van der Waals surface area contributed by atoms with Crippen LogP contribution in [0.1, 0.15) is 12.8 Å². The van der Waals surface area contributed by atoms with Gasteiger partial charge in [-0.25, -0.2) is 8.42 Å². The smallest absolute Gasteiger partial charge is 0.243 e. The monoisotopic (exact) mass is 383 g/mol. The Balaban J connectivity index is 1.73. The fourth-order valence-corrected chi connectivity index (χ4v) is 4.27. The van der Waals surface area contributed by atoms with Gasteiger partial charge in [-0.15, -0.1) is 0 Å². The largest absolute Gasteiger partial charge is 0.480 e. The van der Waals surface area contributed by atoms with Crippen LogP contribution >= 0.6 is 11.6 Å². The summed E-state index contributed by atoms with van der Waals surface area (Å²) in [6.07, 6.45) is 4.11. The van der Waals surface area contributed by atoms with Crippen molar-refractivity contribution in [3.63, 3.8) is 0 Å². The SMILES string of the molecule is COc1cncc(OC2CCCN(S(=O)(=O)c3ccc(Cl)cc3)C2)n1. The standard InChI is InChI=1S/C16H18ClN3O4S/c1-23-15-9-18-10-16(19-15)24-13-3-2-8-20(11-13)25(21,22)14-6-4-12(17)5-7-14/h4-7,9-10,13H,2-3,8,11H2,1H3. The molecule has 1 saturated heterocycles. The summed E-state index contributed by atoms with van der Waals surface area (Å²) in [7, 11) is -2.09. The Labute approximate surface area is 151 Å². The molecule has 0 radical (unpaired) electrons. The molecule has 0 bridgehead atoms. The zero-order valence-corrected chi connectivity index (χ0v) is 15.2. The predicted molar refractivity (Wildman–Crippen MR) is 92.4 cm³/mol. The number of ether oxygens (including phenoxy) is 2. The van der Waals surface area contributed by atoms with Gasteiger partial charge in [0.2, 0.25) is 21.8 Å². The highest BCUT2D eigenvalue weighted by molar-refractivity contribution is 7.89. The van der Waals surface area contributed by atoms with Crippen molar-refractivity contribution in [3.8, 4) is 11.8 Å². The lowest BCUT2D eigenvalue weighted by molar-refractivity contribution is 0.123. The quantitative estimate of drug-likeness (QED) is 0.788. The molecule has 0 saturated carbocycles. The number of aromatic nitrogens is 2. The highest BCUT2D eigenvalue weighted by atomic mass is 35.5. The summed E-state index contributed by atoms with van der Waals surface area (Å²) in [5, 5.41) is 0.496. The summed E-state index contributed by atoms with van der Waals surface area (Å²) in [6.45, 7) is 0.707. The van der Waals surface area contributed by atoms with Crippen LogP contribution in [0.5, 0.6) is 11.8 Å². The summed E-state index contributed by atoms with van der Waals surface area (Å²) >= 11 is 5.83. The van der Waals surface area contributed by atoms with Crippen molar-refractivity contribution in [1.29, 1.82) is 0 Å². The highest BCUT2D eigenvalue weighted by Gasteiger charge is 2.31. The van der Waals surface area contributed by atoms with Crippen LogP contribution in [-0.2, 0) is 10.0 Å². The van der Waals surface area contributed by atoms with E-state index in [2.05, 4.69) is 9.97 Å². The molecule has 1 unspecified atom stereocenters. The first-order chi connectivity index (χ1) is 12.0. The third-order valence-electron chi connectivity index (χ3n) is 3.88. The molecule has 7 nitrogen and oxygen atoms in total. The van der Waals surface area contributed by atoms with E-state index >= 15 is 0 Å². The van der Waals surface area contributed by atoms with Crippen LogP contribution in [0.4, 0.5) is 0 Å². The van der Waals surface area contributed by atoms with Gasteiger partial charge in [-0.3, -0.25) is 4.98 Å². The van der Waals surface area contributed by atoms with E-state index < -0.39 is 10.0 Å². The Morgan fingerprint density at radius 3 is 2.64 bits per heavy atom. The molecule has 134 valence electrons. The van der Waals surface area contributed by atoms with E-state index in [9.17, 15) is 8.42 Å². The van der Waals surface area contributed by atoms with Crippen molar-refractivity contribution in [1.82, 2.24) is 14.3 Å². The van der Waals surface area contributed by atoms with Gasteiger partial charge in [-0.1, -0.05) is 11.6 Å². The van der Waals surface area contributed by atoms with Crippen molar-refractivity contribution in [2.24, 2.45) is 0 Å². The molecule has 0 spiro atoms. The first-order valence-corrected chi connectivity index (χ1v) is 9.59. The summed E-state index contributed by atoms with van der Waals surface area (Å²) in [5.41, 5.74) is 0. The molecule has 1 fully saturated rings. The van der Waals surface area contributed by atoms with Crippen LogP contribution < -0.4 is 9.47 Å². The molecule has 3 rings (SSSR count). The van der Waals surface area contributed by atoms with E-state index in [4.69, 9.17) is 21.1 Å². The lowest BCUT2D eigenvalue weighted by Gasteiger charge is -2.31. The van der Waals surface area contributed by atoms with Gasteiger partial charge < -0.3 is 9.47 Å². The molecule has 25 heavy (non-hydrogen) atoms. The van der Waals surface area contributed by atoms with Gasteiger partial charge in [0.1, 0.15) is 6.10 Å². The first kappa shape index (κ1) is 17.9. The van der Waals surface area contributed by atoms with Crippen LogP contribution in [0, 0.1) is 0 Å². The molecule has 1 aliphatic heterocycles. The van der Waals surface area contributed by atoms with E-state index in [1.807, 2.05) is 0 Å². The maximum Gasteiger partial charge on any atom is 0.243 e. The van der Waals surface area contributed by atoms with Crippen molar-refractivity contribution >= 4 is 21.6 Å². The molecular formula is C16H18ClN3O4S. The number of sulfonamides is 1. The zero-order valence-electron chi connectivity index (χ0n) is 13.6. The number of benzene rings is 1. The number of piperidine rings is 1. The van der Waals surface area contributed by atoms with Crippen molar-refractivity contribution in [2.45, 2.75) is 23.8 Å². The third kappa shape index (κ3) is 4.20. The summed E-state index contributed by atoms with van der Waals surface area (Å²) < 4.78 is 37.8. The molecule has 1 atom stereocenters. The second-order valence-electron chi connectivity index (χ2n) is 5.60. The van der Waals surface area contributed by atoms with Gasteiger partial charge in [0, 0.05) is 11.6 Å². The van der Waals surface area contributed by atoms with E-state index in [0.29, 0.717) is 29.7 Å². The Kier molecular flexibility index (Phi) is 5.41. The predicted octanol–water partition coefficient (Wildman–Crippen LogP) is 2.37. The Hall–Kier alpha value is -1.90. The summed E-state index contributed by atoms with van der Waals surface area (Å²) in [4.78, 5) is 8.36. The lowest BCUT2D eigenvalue weighted by atomic mass is 10.1. The average Bonchev–Trinajstić information content (AvgIpc) is 2.62. The lowest BCUT2D eigenvalue weighted by Crippen LogP contribution is -2.44. The maximum atomic E-state index is 12.8. The fraction of sp³-hybridized carbons (Fsp3) is 0.375. The van der Waals surface area contributed by atoms with Gasteiger partial charge in [0.25, 0.3) is 0 Å². The third-order valence-corrected chi connectivity index (χ3v) is 6.01. The molecule has 0 aliphatic carbocycles. The minimum absolute atomic E-state index is 0.221. The van der Waals surface area contributed by atoms with E-state index in [1.165, 1.54) is 35.9 Å². The molecule has 2 aromatic rings. The van der Waals surface area contributed by atoms with Crippen LogP contribution in [0.2, 0.25) is 5.02 Å². The Bertz CT molecular complexity index is 830. The second-order valence-corrected chi connectivity index (χ2v) is 7.97. The number of hydrogen-bond donors (Lipinski definition) is 0. The van der Waals surface area contributed by atoms with Crippen LogP contribution in [0.25, 0.3) is 0 Å². The van der Waals surface area contributed by atoms with Crippen molar-refractivity contribution in [3.05, 3.63) is 41.7 Å². The molecule has 1 aromatic carbocycles. The van der Waals surface area contributed by atoms with Crippen LogP contribution in [0.15, 0.2) is 41.6 Å². The Morgan fingerprint density at radius 1 is 1.20 bits per heavy atom. The van der Waals surface area contributed by atoms with Crippen molar-refractivity contribution < 1.29 is 17.9 Å². The molecule has 1 aliphatic rings. The average molecular weight is 384 g/mol. The number of hydrogen-bond acceptors (Lipinski definition) is 6. The minimum atomic E-state index is -3.58. The van der Waals surface area contributed by atoms with Gasteiger partial charge in [-0.05, 0) is 37.1 Å². The first-order valence-electron chi connectivity index (χ1n) is 7.77. The zero-order chi connectivity index (χ0) is 17.9. The minimum Gasteiger partial charge on any atom is -0.480 e. The number of halogens is 1. The molecule has 1 aromatic heterocycles. The molecule has 0 amide bonds. The highest BCUT2D eigenvalue weighted by Crippen LogP contribution is 2.24. The second kappa shape index (κ2) is 7.55. The molecule has 0 N–H and O–H groups in total. The van der Waals surface area contributed by atoms with Crippen molar-refractivity contribution in [2.75, 3.05) is 20.2 Å². The number of nitrogens with zero attached hydrogens (tertiary/aromatic N) is 3. The topological polar surface area (TPSA) is 81.6 Å². The Morgan fingerprint density at radius 2 is 1.92 bits per heavy atom. The van der Waals surface area contributed by atoms with Gasteiger partial charge in [0.05, 0.1) is 30.9 Å². The van der Waals surface area contributed by atoms with Gasteiger partial charge >= 0.3 is 0 Å². The fourth-order valence-electron chi connectivity index (χ4n) is 2.63. The van der Waals surface area contributed by atoms with E-state index in [0.717, 1.165) is 6.42 Å². The molecular weight excluding hydrogens is 366 g/mol. The molecule has 2 heterocycles. The summed E-state index contributed by atoms with van der Waals surface area (Å²) in [5.74, 6) is 0.661. The number of rotatable bonds is 5. The van der Waals surface area contributed by atoms with Gasteiger partial charge in [0.15, 0.2) is 0 Å². The maximum absolute atomic E-state index is 12.8. The number of methoxy groups -OCH3 is 1. The van der Waals surface area contributed by atoms with Crippen LogP contribution in [-0.4, -0.2) is 49.0 Å². The normalized spacial score (nSPS) is 18.7. The summed E-state index contributed by atoms with van der Waals surface area (Å²) in [6, 6.07) is 6.15. The van der Waals surface area contributed by atoms with E-state index in [1.54, 1.807) is 12.1 Å².